The van der Waals surface area contributed by atoms with E-state index in [4.69, 9.17) is 5.26 Å². The van der Waals surface area contributed by atoms with Crippen molar-refractivity contribution in [3.63, 3.8) is 0 Å². The number of para-hydroxylation sites is 1. The molecule has 0 bridgehead atoms. The smallest absolute Gasteiger partial charge is 0.224 e. The van der Waals surface area contributed by atoms with Crippen molar-refractivity contribution in [3.05, 3.63) is 46.8 Å². The number of benzene rings is 1. The van der Waals surface area contributed by atoms with E-state index in [-0.39, 0.29) is 5.91 Å². The Morgan fingerprint density at radius 1 is 1.33 bits per heavy atom. The highest BCUT2D eigenvalue weighted by Gasteiger charge is 2.13. The lowest BCUT2D eigenvalue weighted by molar-refractivity contribution is -0.116. The Labute approximate surface area is 143 Å². The third-order valence-electron chi connectivity index (χ3n) is 4.24. The highest BCUT2D eigenvalue weighted by atomic mass is 16.1. The maximum Gasteiger partial charge on any atom is 0.224 e. The molecule has 0 saturated heterocycles. The van der Waals surface area contributed by atoms with Gasteiger partial charge in [0, 0.05) is 17.8 Å². The highest BCUT2D eigenvalue weighted by Crippen LogP contribution is 2.18. The first-order valence-corrected chi connectivity index (χ1v) is 8.34. The molecule has 0 radical (unpaired) electrons. The minimum atomic E-state index is 0.0134. The molecule has 0 aliphatic heterocycles. The summed E-state index contributed by atoms with van der Waals surface area (Å²) in [6.45, 7) is 6.62. The molecule has 0 aliphatic rings. The molecule has 0 atom stereocenters. The van der Waals surface area contributed by atoms with Crippen molar-refractivity contribution in [1.29, 1.82) is 5.26 Å². The Bertz CT molecular complexity index is 755. The molecule has 1 N–H and O–H groups in total. The number of rotatable bonds is 7. The van der Waals surface area contributed by atoms with Gasteiger partial charge >= 0.3 is 0 Å². The second kappa shape index (κ2) is 8.30. The van der Waals surface area contributed by atoms with Crippen LogP contribution < -0.4 is 5.32 Å². The molecule has 0 aliphatic carbocycles. The Balaban J connectivity index is 1.99. The Morgan fingerprint density at radius 3 is 2.79 bits per heavy atom. The van der Waals surface area contributed by atoms with Crippen LogP contribution in [0.25, 0.3) is 0 Å². The number of hydrogen-bond donors (Lipinski definition) is 1. The van der Waals surface area contributed by atoms with E-state index in [9.17, 15) is 4.79 Å². The van der Waals surface area contributed by atoms with Crippen LogP contribution in [-0.2, 0) is 24.2 Å². The maximum atomic E-state index is 12.3. The summed E-state index contributed by atoms with van der Waals surface area (Å²) in [6.07, 6.45) is 2.41. The van der Waals surface area contributed by atoms with Crippen LogP contribution in [0.2, 0.25) is 0 Å². The van der Waals surface area contributed by atoms with Crippen molar-refractivity contribution in [2.45, 2.75) is 53.0 Å². The monoisotopic (exact) mass is 324 g/mol. The molecule has 1 amide bonds. The lowest BCUT2D eigenvalue weighted by Crippen LogP contribution is -2.14. The number of hydrogen-bond acceptors (Lipinski definition) is 3. The largest absolute Gasteiger partial charge is 0.326 e. The van der Waals surface area contributed by atoms with Crippen LogP contribution in [-0.4, -0.2) is 15.7 Å². The fourth-order valence-electron chi connectivity index (χ4n) is 2.87. The van der Waals surface area contributed by atoms with E-state index in [1.165, 1.54) is 0 Å². The molecular formula is C19H24N4O. The van der Waals surface area contributed by atoms with Gasteiger partial charge in [-0.25, -0.2) is 0 Å². The van der Waals surface area contributed by atoms with Crippen LogP contribution in [0.1, 0.15) is 42.3 Å². The summed E-state index contributed by atoms with van der Waals surface area (Å²) in [7, 11) is 0. The van der Waals surface area contributed by atoms with Crippen LogP contribution in [0.4, 0.5) is 5.69 Å². The van der Waals surface area contributed by atoms with Gasteiger partial charge < -0.3 is 5.32 Å². The molecule has 1 heterocycles. The normalized spacial score (nSPS) is 10.4. The summed E-state index contributed by atoms with van der Waals surface area (Å²) < 4.78 is 1.86. The number of aryl methyl sites for hydroxylation is 3. The zero-order valence-electron chi connectivity index (χ0n) is 14.6. The second-order valence-electron chi connectivity index (χ2n) is 5.84. The van der Waals surface area contributed by atoms with Crippen LogP contribution in [0.15, 0.2) is 24.3 Å². The first-order chi connectivity index (χ1) is 11.6. The van der Waals surface area contributed by atoms with Gasteiger partial charge in [0.25, 0.3) is 0 Å². The van der Waals surface area contributed by atoms with Crippen molar-refractivity contribution in [2.75, 3.05) is 5.32 Å². The molecule has 1 aromatic heterocycles. The predicted molar refractivity (Wildman–Crippen MR) is 94.7 cm³/mol. The number of carbonyl (C=O) groups excluding carboxylic acids is 1. The Morgan fingerprint density at radius 2 is 2.08 bits per heavy atom. The van der Waals surface area contributed by atoms with E-state index >= 15 is 0 Å². The SMILES string of the molecule is CCc1ccccc1NC(=O)CCc1c(C)nn(CCC#N)c1C. The van der Waals surface area contributed by atoms with Gasteiger partial charge in [0.15, 0.2) is 0 Å². The molecule has 2 aromatic rings. The van der Waals surface area contributed by atoms with Gasteiger partial charge in [-0.2, -0.15) is 10.4 Å². The van der Waals surface area contributed by atoms with Gasteiger partial charge in [0.2, 0.25) is 5.91 Å². The van der Waals surface area contributed by atoms with Crippen LogP contribution in [0, 0.1) is 25.2 Å². The van der Waals surface area contributed by atoms with Gasteiger partial charge in [-0.15, -0.1) is 0 Å². The predicted octanol–water partition coefficient (Wildman–Crippen LogP) is 3.55. The van der Waals surface area contributed by atoms with Gasteiger partial charge in [-0.3, -0.25) is 9.48 Å². The fraction of sp³-hybridized carbons (Fsp3) is 0.421. The van der Waals surface area contributed by atoms with E-state index in [1.54, 1.807) is 0 Å². The zero-order chi connectivity index (χ0) is 17.5. The molecule has 0 fully saturated rings. The lowest BCUT2D eigenvalue weighted by Gasteiger charge is -2.10. The van der Waals surface area contributed by atoms with E-state index in [1.807, 2.05) is 42.8 Å². The highest BCUT2D eigenvalue weighted by molar-refractivity contribution is 5.91. The maximum absolute atomic E-state index is 12.3. The fourth-order valence-corrected chi connectivity index (χ4v) is 2.87. The average Bonchev–Trinajstić information content (AvgIpc) is 2.85. The van der Waals surface area contributed by atoms with Crippen LogP contribution in [0.5, 0.6) is 0 Å². The average molecular weight is 324 g/mol. The minimum absolute atomic E-state index is 0.0134. The molecular weight excluding hydrogens is 300 g/mol. The molecule has 1 aromatic carbocycles. The van der Waals surface area contributed by atoms with Gasteiger partial charge in [-0.05, 0) is 43.9 Å². The summed E-state index contributed by atoms with van der Waals surface area (Å²) in [5.74, 6) is 0.0134. The minimum Gasteiger partial charge on any atom is -0.326 e. The topological polar surface area (TPSA) is 70.7 Å². The van der Waals surface area contributed by atoms with Crippen molar-refractivity contribution >= 4 is 11.6 Å². The number of carbonyl (C=O) groups is 1. The number of amides is 1. The standard InChI is InChI=1S/C19H24N4O/c1-4-16-8-5-6-9-18(16)21-19(24)11-10-17-14(2)22-23(15(17)3)13-7-12-20/h5-6,8-9H,4,7,10-11,13H2,1-3H3,(H,21,24). The van der Waals surface area contributed by atoms with Crippen molar-refractivity contribution in [2.24, 2.45) is 0 Å². The van der Waals surface area contributed by atoms with E-state index in [2.05, 4.69) is 23.4 Å². The Hall–Kier alpha value is -2.61. The molecule has 2 rings (SSSR count). The second-order valence-corrected chi connectivity index (χ2v) is 5.84. The lowest BCUT2D eigenvalue weighted by atomic mass is 10.1. The molecule has 0 spiro atoms. The number of aromatic nitrogens is 2. The molecule has 0 saturated carbocycles. The summed E-state index contributed by atoms with van der Waals surface area (Å²) in [5, 5.41) is 16.2. The number of anilines is 1. The summed E-state index contributed by atoms with van der Waals surface area (Å²) in [6, 6.07) is 10.0. The quantitative estimate of drug-likeness (QED) is 0.846. The summed E-state index contributed by atoms with van der Waals surface area (Å²) >= 11 is 0. The molecule has 126 valence electrons. The number of nitriles is 1. The molecule has 5 heteroatoms. The summed E-state index contributed by atoms with van der Waals surface area (Å²) in [5.41, 5.74) is 5.12. The summed E-state index contributed by atoms with van der Waals surface area (Å²) in [4.78, 5) is 12.3. The molecule has 24 heavy (non-hydrogen) atoms. The molecule has 0 unspecified atom stereocenters. The number of nitrogens with one attached hydrogen (secondary N) is 1. The van der Waals surface area contributed by atoms with Gasteiger partial charge in [0.05, 0.1) is 24.7 Å². The van der Waals surface area contributed by atoms with Crippen LogP contribution in [0.3, 0.4) is 0 Å². The first-order valence-electron chi connectivity index (χ1n) is 8.34. The van der Waals surface area contributed by atoms with Crippen molar-refractivity contribution in [3.8, 4) is 6.07 Å². The third kappa shape index (κ3) is 4.23. The van der Waals surface area contributed by atoms with Crippen LogP contribution >= 0.6 is 0 Å². The van der Waals surface area contributed by atoms with E-state index in [0.29, 0.717) is 25.8 Å². The van der Waals surface area contributed by atoms with Gasteiger partial charge in [-0.1, -0.05) is 25.1 Å². The van der Waals surface area contributed by atoms with Crippen molar-refractivity contribution < 1.29 is 4.79 Å². The number of nitrogens with zero attached hydrogens (tertiary/aromatic N) is 3. The first kappa shape index (κ1) is 17.7. The van der Waals surface area contributed by atoms with Gasteiger partial charge in [0.1, 0.15) is 0 Å². The van der Waals surface area contributed by atoms with E-state index in [0.717, 1.165) is 34.6 Å². The third-order valence-corrected chi connectivity index (χ3v) is 4.24. The Kier molecular flexibility index (Phi) is 6.14. The zero-order valence-corrected chi connectivity index (χ0v) is 14.6. The van der Waals surface area contributed by atoms with E-state index < -0.39 is 0 Å². The molecule has 5 nitrogen and oxygen atoms in total. The van der Waals surface area contributed by atoms with Crippen molar-refractivity contribution in [1.82, 2.24) is 9.78 Å².